The maximum Gasteiger partial charge on any atom is 0.253 e. The Morgan fingerprint density at radius 1 is 0.826 bits per heavy atom. The van der Waals surface area contributed by atoms with Crippen LogP contribution in [-0.2, 0) is 19.4 Å². The van der Waals surface area contributed by atoms with E-state index in [1.54, 1.807) is 0 Å². The van der Waals surface area contributed by atoms with Gasteiger partial charge in [0.2, 0.25) is 5.89 Å². The normalized spacial score (nSPS) is 10.7. The molecule has 4 nitrogen and oxygen atoms in total. The summed E-state index contributed by atoms with van der Waals surface area (Å²) >= 11 is 0. The Hall–Kier alpha value is -2.62. The van der Waals surface area contributed by atoms with Crippen molar-refractivity contribution in [3.8, 4) is 5.75 Å². The summed E-state index contributed by atoms with van der Waals surface area (Å²) in [6.45, 7) is 4.35. The maximum atomic E-state index is 5.83. The summed E-state index contributed by atoms with van der Waals surface area (Å²) in [6, 6.07) is 16.4. The van der Waals surface area contributed by atoms with Crippen molar-refractivity contribution in [2.45, 2.75) is 33.3 Å². The van der Waals surface area contributed by atoms with E-state index >= 15 is 0 Å². The number of benzene rings is 2. The minimum atomic E-state index is 0.296. The van der Waals surface area contributed by atoms with Crippen LogP contribution in [0.25, 0.3) is 0 Å². The third-order valence-electron chi connectivity index (χ3n) is 3.73. The number of para-hydroxylation sites is 1. The first-order chi connectivity index (χ1) is 11.2. The molecule has 0 aliphatic carbocycles. The highest BCUT2D eigenvalue weighted by atomic mass is 16.5. The van der Waals surface area contributed by atoms with Crippen LogP contribution >= 0.6 is 0 Å². The van der Waals surface area contributed by atoms with Crippen molar-refractivity contribution in [2.24, 2.45) is 0 Å². The van der Waals surface area contributed by atoms with Gasteiger partial charge in [-0.05, 0) is 37.0 Å². The Bertz CT molecular complexity index is 746. The molecule has 1 heterocycles. The Labute approximate surface area is 136 Å². The predicted molar refractivity (Wildman–Crippen MR) is 88.4 cm³/mol. The van der Waals surface area contributed by atoms with Gasteiger partial charge in [0.1, 0.15) is 5.75 Å². The second kappa shape index (κ2) is 7.09. The fourth-order valence-electron chi connectivity index (χ4n) is 2.50. The molecular weight excluding hydrogens is 288 g/mol. The highest BCUT2D eigenvalue weighted by molar-refractivity contribution is 5.39. The van der Waals surface area contributed by atoms with Crippen molar-refractivity contribution in [1.82, 2.24) is 10.2 Å². The molecule has 0 aliphatic rings. The molecule has 2 aromatic carbocycles. The lowest BCUT2D eigenvalue weighted by Crippen LogP contribution is -1.99. The van der Waals surface area contributed by atoms with Crippen LogP contribution in [0, 0.1) is 13.8 Å². The molecule has 0 atom stereocenters. The van der Waals surface area contributed by atoms with Gasteiger partial charge in [0, 0.05) is 6.42 Å². The second-order valence-electron chi connectivity index (χ2n) is 5.58. The molecule has 0 radical (unpaired) electrons. The zero-order chi connectivity index (χ0) is 16.1. The molecule has 3 rings (SSSR count). The van der Waals surface area contributed by atoms with Gasteiger partial charge in [-0.25, -0.2) is 0 Å². The highest BCUT2D eigenvalue weighted by Crippen LogP contribution is 2.23. The van der Waals surface area contributed by atoms with Gasteiger partial charge in [-0.3, -0.25) is 0 Å². The minimum absolute atomic E-state index is 0.296. The average Bonchev–Trinajstić information content (AvgIpc) is 3.01. The number of aromatic nitrogens is 2. The van der Waals surface area contributed by atoms with Crippen molar-refractivity contribution in [3.63, 3.8) is 0 Å². The van der Waals surface area contributed by atoms with Gasteiger partial charge in [-0.15, -0.1) is 10.2 Å². The SMILES string of the molecule is Cc1cccc(C)c1OCc1nnc(CCc2ccccc2)o1. The number of hydrogen-bond donors (Lipinski definition) is 0. The van der Waals surface area contributed by atoms with E-state index in [-0.39, 0.29) is 0 Å². The fourth-order valence-corrected chi connectivity index (χ4v) is 2.50. The van der Waals surface area contributed by atoms with Gasteiger partial charge in [-0.2, -0.15) is 0 Å². The number of rotatable bonds is 6. The highest BCUT2D eigenvalue weighted by Gasteiger charge is 2.09. The van der Waals surface area contributed by atoms with Gasteiger partial charge in [0.25, 0.3) is 5.89 Å². The summed E-state index contributed by atoms with van der Waals surface area (Å²) in [5.41, 5.74) is 3.47. The first-order valence-corrected chi connectivity index (χ1v) is 7.76. The standard InChI is InChI=1S/C19H20N2O2/c1-14-7-6-8-15(2)19(14)22-13-18-21-20-17(23-18)12-11-16-9-4-3-5-10-16/h3-10H,11-13H2,1-2H3. The van der Waals surface area contributed by atoms with Crippen molar-refractivity contribution < 1.29 is 9.15 Å². The third-order valence-corrected chi connectivity index (χ3v) is 3.73. The van der Waals surface area contributed by atoms with Crippen molar-refractivity contribution in [2.75, 3.05) is 0 Å². The van der Waals surface area contributed by atoms with Crippen LogP contribution in [0.4, 0.5) is 0 Å². The second-order valence-corrected chi connectivity index (χ2v) is 5.58. The van der Waals surface area contributed by atoms with Crippen LogP contribution in [0.1, 0.15) is 28.5 Å². The molecule has 0 spiro atoms. The van der Waals surface area contributed by atoms with Gasteiger partial charge in [-0.1, -0.05) is 48.5 Å². The lowest BCUT2D eigenvalue weighted by Gasteiger charge is -2.09. The van der Waals surface area contributed by atoms with Crippen LogP contribution in [0.5, 0.6) is 5.75 Å². The van der Waals surface area contributed by atoms with E-state index in [0.717, 1.165) is 29.7 Å². The molecule has 0 saturated carbocycles. The number of aryl methyl sites for hydroxylation is 4. The van der Waals surface area contributed by atoms with E-state index in [4.69, 9.17) is 9.15 Å². The topological polar surface area (TPSA) is 48.2 Å². The largest absolute Gasteiger partial charge is 0.483 e. The first-order valence-electron chi connectivity index (χ1n) is 7.76. The zero-order valence-electron chi connectivity index (χ0n) is 13.5. The van der Waals surface area contributed by atoms with E-state index in [1.165, 1.54) is 5.56 Å². The van der Waals surface area contributed by atoms with Crippen LogP contribution < -0.4 is 4.74 Å². The summed E-state index contributed by atoms with van der Waals surface area (Å²) in [5, 5.41) is 8.15. The van der Waals surface area contributed by atoms with E-state index in [1.807, 2.05) is 50.2 Å². The summed E-state index contributed by atoms with van der Waals surface area (Å²) < 4.78 is 11.5. The minimum Gasteiger partial charge on any atom is -0.483 e. The molecule has 0 unspecified atom stereocenters. The summed E-state index contributed by atoms with van der Waals surface area (Å²) in [4.78, 5) is 0. The van der Waals surface area contributed by atoms with Crippen LogP contribution in [0.15, 0.2) is 52.9 Å². The van der Waals surface area contributed by atoms with Gasteiger partial charge in [0.15, 0.2) is 6.61 Å². The number of hydrogen-bond acceptors (Lipinski definition) is 4. The van der Waals surface area contributed by atoms with Gasteiger partial charge < -0.3 is 9.15 Å². The lowest BCUT2D eigenvalue weighted by molar-refractivity contribution is 0.256. The molecule has 4 heteroatoms. The van der Waals surface area contributed by atoms with E-state index in [0.29, 0.717) is 18.4 Å². The molecule has 23 heavy (non-hydrogen) atoms. The predicted octanol–water partition coefficient (Wildman–Crippen LogP) is 4.05. The molecule has 0 amide bonds. The number of ether oxygens (including phenoxy) is 1. The van der Waals surface area contributed by atoms with Crippen LogP contribution in [0.2, 0.25) is 0 Å². The molecule has 0 saturated heterocycles. The molecule has 118 valence electrons. The Morgan fingerprint density at radius 2 is 1.52 bits per heavy atom. The van der Waals surface area contributed by atoms with Gasteiger partial charge in [0.05, 0.1) is 0 Å². The molecule has 1 aromatic heterocycles. The molecule has 0 aliphatic heterocycles. The number of nitrogens with zero attached hydrogens (tertiary/aromatic N) is 2. The Morgan fingerprint density at radius 3 is 2.26 bits per heavy atom. The average molecular weight is 308 g/mol. The molecule has 3 aromatic rings. The zero-order valence-corrected chi connectivity index (χ0v) is 13.5. The summed E-state index contributed by atoms with van der Waals surface area (Å²) in [5.74, 6) is 2.04. The quantitative estimate of drug-likeness (QED) is 0.689. The molecule has 0 N–H and O–H groups in total. The Kier molecular flexibility index (Phi) is 4.71. The van der Waals surface area contributed by atoms with Crippen molar-refractivity contribution in [3.05, 3.63) is 77.0 Å². The first kappa shape index (κ1) is 15.3. The monoisotopic (exact) mass is 308 g/mol. The molecule has 0 bridgehead atoms. The van der Waals surface area contributed by atoms with E-state index in [9.17, 15) is 0 Å². The Balaban J connectivity index is 1.57. The summed E-state index contributed by atoms with van der Waals surface area (Å²) in [6.07, 6.45) is 1.63. The molecular formula is C19H20N2O2. The third kappa shape index (κ3) is 3.97. The lowest BCUT2D eigenvalue weighted by atomic mass is 10.1. The molecule has 0 fully saturated rings. The van der Waals surface area contributed by atoms with Crippen LogP contribution in [0.3, 0.4) is 0 Å². The smallest absolute Gasteiger partial charge is 0.253 e. The van der Waals surface area contributed by atoms with Crippen molar-refractivity contribution >= 4 is 0 Å². The van der Waals surface area contributed by atoms with E-state index in [2.05, 4.69) is 22.3 Å². The van der Waals surface area contributed by atoms with E-state index < -0.39 is 0 Å². The van der Waals surface area contributed by atoms with Crippen LogP contribution in [-0.4, -0.2) is 10.2 Å². The maximum absolute atomic E-state index is 5.83. The fraction of sp³-hybridized carbons (Fsp3) is 0.263. The van der Waals surface area contributed by atoms with Gasteiger partial charge >= 0.3 is 0 Å². The summed E-state index contributed by atoms with van der Waals surface area (Å²) in [7, 11) is 0. The van der Waals surface area contributed by atoms with Crippen molar-refractivity contribution in [1.29, 1.82) is 0 Å².